The number of carbonyl (C=O) groups is 2. The zero-order valence-corrected chi connectivity index (χ0v) is 18.2. The van der Waals surface area contributed by atoms with Gasteiger partial charge in [0.2, 0.25) is 0 Å². The summed E-state index contributed by atoms with van der Waals surface area (Å²) in [5.74, 6) is -0.848. The van der Waals surface area contributed by atoms with E-state index in [2.05, 4.69) is 21.0 Å². The Bertz CT molecular complexity index is 1310. The number of amides is 3. The third-order valence-electron chi connectivity index (χ3n) is 4.71. The van der Waals surface area contributed by atoms with Gasteiger partial charge >= 0.3 is 6.03 Å². The minimum absolute atomic E-state index is 0.105. The normalized spacial score (nSPS) is 10.5. The van der Waals surface area contributed by atoms with Crippen LogP contribution in [0.3, 0.4) is 0 Å². The highest BCUT2D eigenvalue weighted by Crippen LogP contribution is 2.25. The molecule has 4 aromatic rings. The van der Waals surface area contributed by atoms with Crippen molar-refractivity contribution in [2.75, 3.05) is 16.0 Å². The van der Waals surface area contributed by atoms with Crippen LogP contribution in [0.25, 0.3) is 5.69 Å². The molecular weight excluding hydrogens is 445 g/mol. The summed E-state index contributed by atoms with van der Waals surface area (Å²) in [7, 11) is 0. The smallest absolute Gasteiger partial charge is 0.322 e. The monoisotopic (exact) mass is 463 g/mol. The van der Waals surface area contributed by atoms with Crippen LogP contribution in [-0.2, 0) is 0 Å². The molecule has 0 aliphatic heterocycles. The lowest BCUT2D eigenvalue weighted by atomic mass is 10.2. The molecule has 9 heteroatoms. The zero-order chi connectivity index (χ0) is 23.4. The highest BCUT2D eigenvalue weighted by Gasteiger charge is 2.21. The number of para-hydroxylation sites is 1. The average Bonchev–Trinajstić information content (AvgIpc) is 3.09. The third-order valence-corrected chi connectivity index (χ3v) is 5.06. The Labute approximate surface area is 194 Å². The summed E-state index contributed by atoms with van der Waals surface area (Å²) >= 11 is 6.42. The van der Waals surface area contributed by atoms with Gasteiger partial charge < -0.3 is 16.0 Å². The van der Waals surface area contributed by atoms with E-state index >= 15 is 0 Å². The Morgan fingerprint density at radius 3 is 2.15 bits per heavy atom. The molecule has 0 spiro atoms. The Morgan fingerprint density at radius 1 is 0.848 bits per heavy atom. The summed E-state index contributed by atoms with van der Waals surface area (Å²) in [6, 6.07) is 20.9. The Kier molecular flexibility index (Phi) is 6.37. The van der Waals surface area contributed by atoms with Crippen LogP contribution < -0.4 is 16.0 Å². The maximum Gasteiger partial charge on any atom is 0.323 e. The Balaban J connectivity index is 1.48. The van der Waals surface area contributed by atoms with Gasteiger partial charge in [0.05, 0.1) is 11.4 Å². The van der Waals surface area contributed by atoms with E-state index in [1.807, 2.05) is 18.2 Å². The first-order chi connectivity index (χ1) is 15.9. The van der Waals surface area contributed by atoms with Crippen molar-refractivity contribution in [3.63, 3.8) is 0 Å². The molecule has 166 valence electrons. The molecule has 3 aromatic carbocycles. The van der Waals surface area contributed by atoms with Crippen LogP contribution in [-0.4, -0.2) is 21.7 Å². The molecule has 0 atom stereocenters. The number of halogens is 2. The fourth-order valence-electron chi connectivity index (χ4n) is 3.19. The van der Waals surface area contributed by atoms with Crippen molar-refractivity contribution in [2.24, 2.45) is 0 Å². The van der Waals surface area contributed by atoms with E-state index in [9.17, 15) is 14.0 Å². The van der Waals surface area contributed by atoms with Crippen molar-refractivity contribution in [1.29, 1.82) is 0 Å². The van der Waals surface area contributed by atoms with Crippen LogP contribution in [0, 0.1) is 12.7 Å². The molecule has 4 rings (SSSR count). The number of hydrogen-bond donors (Lipinski definition) is 3. The van der Waals surface area contributed by atoms with Crippen LogP contribution in [0.15, 0.2) is 78.9 Å². The molecule has 33 heavy (non-hydrogen) atoms. The van der Waals surface area contributed by atoms with E-state index in [0.29, 0.717) is 28.4 Å². The summed E-state index contributed by atoms with van der Waals surface area (Å²) in [5, 5.41) is 12.6. The second kappa shape index (κ2) is 9.54. The summed E-state index contributed by atoms with van der Waals surface area (Å²) < 4.78 is 14.6. The Hall–Kier alpha value is -4.17. The molecule has 0 saturated heterocycles. The highest BCUT2D eigenvalue weighted by atomic mass is 35.5. The van der Waals surface area contributed by atoms with Gasteiger partial charge in [-0.05, 0) is 61.5 Å². The first kappa shape index (κ1) is 22.0. The molecule has 3 amide bonds. The highest BCUT2D eigenvalue weighted by molar-refractivity contribution is 6.34. The molecule has 0 fully saturated rings. The number of hydrogen-bond acceptors (Lipinski definition) is 3. The van der Waals surface area contributed by atoms with Gasteiger partial charge in [0.25, 0.3) is 5.91 Å². The fraction of sp³-hybridized carbons (Fsp3) is 0.0417. The largest absolute Gasteiger partial charge is 0.323 e. The molecular formula is C24H19ClFN5O2. The van der Waals surface area contributed by atoms with Gasteiger partial charge in [-0.25, -0.2) is 13.9 Å². The maximum atomic E-state index is 13.2. The van der Waals surface area contributed by atoms with E-state index in [0.717, 1.165) is 0 Å². The average molecular weight is 464 g/mol. The van der Waals surface area contributed by atoms with Gasteiger partial charge in [0.15, 0.2) is 0 Å². The molecule has 3 N–H and O–H groups in total. The first-order valence-corrected chi connectivity index (χ1v) is 10.3. The minimum atomic E-state index is -0.461. The molecule has 7 nitrogen and oxygen atoms in total. The van der Waals surface area contributed by atoms with Gasteiger partial charge in [0, 0.05) is 17.1 Å². The lowest BCUT2D eigenvalue weighted by molar-refractivity contribution is 0.102. The van der Waals surface area contributed by atoms with Gasteiger partial charge in [-0.3, -0.25) is 4.79 Å². The van der Waals surface area contributed by atoms with Crippen LogP contribution in [0.4, 0.5) is 26.2 Å². The SMILES string of the molecule is Cc1nn(-c2ccc(F)cc2)c(Cl)c1C(=O)Nc1cccc(NC(=O)Nc2ccccc2)c1. The second-order valence-corrected chi connectivity index (χ2v) is 7.48. The number of aromatic nitrogens is 2. The van der Waals surface area contributed by atoms with Crippen molar-refractivity contribution in [3.8, 4) is 5.69 Å². The van der Waals surface area contributed by atoms with Crippen molar-refractivity contribution in [3.05, 3.63) is 101 Å². The van der Waals surface area contributed by atoms with Crippen molar-refractivity contribution in [2.45, 2.75) is 6.92 Å². The molecule has 0 bridgehead atoms. The van der Waals surface area contributed by atoms with Crippen LogP contribution in [0.1, 0.15) is 16.1 Å². The predicted octanol–water partition coefficient (Wildman–Crippen LogP) is 5.87. The van der Waals surface area contributed by atoms with Crippen LogP contribution in [0.2, 0.25) is 5.15 Å². The minimum Gasteiger partial charge on any atom is -0.322 e. The molecule has 0 aliphatic rings. The van der Waals surface area contributed by atoms with Crippen molar-refractivity contribution >= 4 is 40.6 Å². The van der Waals surface area contributed by atoms with Crippen LogP contribution in [0.5, 0.6) is 0 Å². The molecule has 0 aliphatic carbocycles. The summed E-state index contributed by atoms with van der Waals surface area (Å²) in [6.07, 6.45) is 0. The topological polar surface area (TPSA) is 88.1 Å². The van der Waals surface area contributed by atoms with Crippen molar-refractivity contribution in [1.82, 2.24) is 9.78 Å². The number of benzene rings is 3. The number of rotatable bonds is 5. The number of carbonyl (C=O) groups excluding carboxylic acids is 2. The third kappa shape index (κ3) is 5.19. The maximum absolute atomic E-state index is 13.2. The van der Waals surface area contributed by atoms with E-state index in [-0.39, 0.29) is 16.5 Å². The predicted molar refractivity (Wildman–Crippen MR) is 127 cm³/mol. The Morgan fingerprint density at radius 2 is 1.45 bits per heavy atom. The number of anilines is 3. The van der Waals surface area contributed by atoms with E-state index < -0.39 is 11.9 Å². The molecule has 1 heterocycles. The van der Waals surface area contributed by atoms with Crippen molar-refractivity contribution < 1.29 is 14.0 Å². The number of urea groups is 1. The lowest BCUT2D eigenvalue weighted by Crippen LogP contribution is -2.19. The first-order valence-electron chi connectivity index (χ1n) is 9.96. The lowest BCUT2D eigenvalue weighted by Gasteiger charge is -2.10. The van der Waals surface area contributed by atoms with Crippen LogP contribution >= 0.6 is 11.6 Å². The number of nitrogens with one attached hydrogen (secondary N) is 3. The van der Waals surface area contributed by atoms with Gasteiger partial charge in [-0.15, -0.1) is 0 Å². The van der Waals surface area contributed by atoms with E-state index in [1.54, 1.807) is 43.3 Å². The second-order valence-electron chi connectivity index (χ2n) is 7.12. The van der Waals surface area contributed by atoms with Gasteiger partial charge in [-0.1, -0.05) is 35.9 Å². The van der Waals surface area contributed by atoms with E-state index in [1.165, 1.54) is 28.9 Å². The number of nitrogens with zero attached hydrogens (tertiary/aromatic N) is 2. The standard InChI is InChI=1S/C24H19ClFN5O2/c1-15-21(22(25)31(30-15)20-12-10-16(26)11-13-20)23(32)27-18-8-5-9-19(14-18)29-24(33)28-17-6-3-2-4-7-17/h2-14H,1H3,(H,27,32)(H2,28,29,33). The quantitative estimate of drug-likeness (QED) is 0.346. The summed E-state index contributed by atoms with van der Waals surface area (Å²) in [6.45, 7) is 1.66. The van der Waals surface area contributed by atoms with Gasteiger partial charge in [0.1, 0.15) is 16.5 Å². The fourth-order valence-corrected chi connectivity index (χ4v) is 3.55. The van der Waals surface area contributed by atoms with Gasteiger partial charge in [-0.2, -0.15) is 5.10 Å². The number of aryl methyl sites for hydroxylation is 1. The molecule has 0 radical (unpaired) electrons. The zero-order valence-electron chi connectivity index (χ0n) is 17.5. The molecule has 1 aromatic heterocycles. The summed E-state index contributed by atoms with van der Waals surface area (Å²) in [4.78, 5) is 25.1. The molecule has 0 saturated carbocycles. The molecule has 0 unspecified atom stereocenters. The summed E-state index contributed by atoms with van der Waals surface area (Å²) in [5.41, 5.74) is 2.75. The van der Waals surface area contributed by atoms with E-state index in [4.69, 9.17) is 11.6 Å².